The lowest BCUT2D eigenvalue weighted by molar-refractivity contribution is -0.137. The van der Waals surface area contributed by atoms with E-state index in [-0.39, 0.29) is 22.8 Å². The van der Waals surface area contributed by atoms with Crippen LogP contribution in [0.2, 0.25) is 0 Å². The Hall–Kier alpha value is -4.09. The zero-order valence-corrected chi connectivity index (χ0v) is 21.2. The molecule has 1 fully saturated rings. The van der Waals surface area contributed by atoms with Crippen LogP contribution < -0.4 is 15.4 Å². The Balaban J connectivity index is 1.53. The smallest absolute Gasteiger partial charge is 0.416 e. The Kier molecular flexibility index (Phi) is 9.05. The highest BCUT2D eigenvalue weighted by Gasteiger charge is 2.30. The van der Waals surface area contributed by atoms with Crippen molar-refractivity contribution in [3.05, 3.63) is 83.2 Å². The van der Waals surface area contributed by atoms with Crippen molar-refractivity contribution in [2.24, 2.45) is 0 Å². The van der Waals surface area contributed by atoms with Crippen LogP contribution in [0.1, 0.15) is 21.7 Å². The molecule has 39 heavy (non-hydrogen) atoms. The van der Waals surface area contributed by atoms with Gasteiger partial charge in [-0.25, -0.2) is 0 Å². The van der Waals surface area contributed by atoms with Gasteiger partial charge >= 0.3 is 6.18 Å². The summed E-state index contributed by atoms with van der Waals surface area (Å²) < 4.78 is 55.6. The zero-order valence-electron chi connectivity index (χ0n) is 21.2. The molecule has 11 heteroatoms. The molecule has 1 aliphatic heterocycles. The quantitative estimate of drug-likeness (QED) is 0.393. The molecule has 2 N–H and O–H groups in total. The Morgan fingerprint density at radius 2 is 1.79 bits per heavy atom. The SMILES string of the molecule is COc1ccc(C(=O)N/C(=C\c2ccc(-c3cccc(C(F)(F)F)c3)o2)C(=O)NCCN2CCOCC2)cc1. The van der Waals surface area contributed by atoms with Gasteiger partial charge in [-0.3, -0.25) is 14.5 Å². The van der Waals surface area contributed by atoms with E-state index in [4.69, 9.17) is 13.9 Å². The third kappa shape index (κ3) is 7.71. The van der Waals surface area contributed by atoms with Crippen LogP contribution in [0, 0.1) is 0 Å². The fourth-order valence-corrected chi connectivity index (χ4v) is 3.92. The summed E-state index contributed by atoms with van der Waals surface area (Å²) >= 11 is 0. The maximum Gasteiger partial charge on any atom is 0.416 e. The van der Waals surface area contributed by atoms with Gasteiger partial charge in [0.15, 0.2) is 0 Å². The highest BCUT2D eigenvalue weighted by molar-refractivity contribution is 6.05. The third-order valence-electron chi connectivity index (χ3n) is 6.05. The molecule has 0 unspecified atom stereocenters. The molecule has 2 amide bonds. The molecule has 0 atom stereocenters. The third-order valence-corrected chi connectivity index (χ3v) is 6.05. The van der Waals surface area contributed by atoms with E-state index in [1.807, 2.05) is 0 Å². The second-order valence-corrected chi connectivity index (χ2v) is 8.73. The summed E-state index contributed by atoms with van der Waals surface area (Å²) in [5, 5.41) is 5.41. The number of alkyl halides is 3. The van der Waals surface area contributed by atoms with Gasteiger partial charge < -0.3 is 24.5 Å². The summed E-state index contributed by atoms with van der Waals surface area (Å²) in [5.41, 5.74) is -0.363. The predicted molar refractivity (Wildman–Crippen MR) is 138 cm³/mol. The van der Waals surface area contributed by atoms with Gasteiger partial charge in [0.25, 0.3) is 11.8 Å². The van der Waals surface area contributed by atoms with Gasteiger partial charge in [0.2, 0.25) is 0 Å². The van der Waals surface area contributed by atoms with Gasteiger partial charge in [-0.2, -0.15) is 13.2 Å². The molecule has 1 saturated heterocycles. The molecule has 4 rings (SSSR count). The minimum absolute atomic E-state index is 0.0808. The van der Waals surface area contributed by atoms with E-state index in [0.29, 0.717) is 37.6 Å². The highest BCUT2D eigenvalue weighted by Crippen LogP contribution is 2.32. The van der Waals surface area contributed by atoms with Crippen molar-refractivity contribution >= 4 is 17.9 Å². The first-order chi connectivity index (χ1) is 18.7. The van der Waals surface area contributed by atoms with Gasteiger partial charge in [0.1, 0.15) is 23.0 Å². The Bertz CT molecular complexity index is 1310. The molecule has 0 bridgehead atoms. The first-order valence-electron chi connectivity index (χ1n) is 12.3. The number of hydrogen-bond acceptors (Lipinski definition) is 6. The molecule has 206 valence electrons. The average Bonchev–Trinajstić information content (AvgIpc) is 3.41. The number of methoxy groups -OCH3 is 1. The number of furan rings is 1. The van der Waals surface area contributed by atoms with E-state index in [2.05, 4.69) is 15.5 Å². The van der Waals surface area contributed by atoms with Crippen LogP contribution in [0.5, 0.6) is 5.75 Å². The fraction of sp³-hybridized carbons (Fsp3) is 0.286. The van der Waals surface area contributed by atoms with Crippen LogP contribution in [-0.4, -0.2) is 63.2 Å². The number of halogens is 3. The van der Waals surface area contributed by atoms with Gasteiger partial charge in [-0.1, -0.05) is 12.1 Å². The first kappa shape index (κ1) is 27.9. The molecule has 1 aliphatic rings. The number of morpholine rings is 1. The molecule has 2 heterocycles. The van der Waals surface area contributed by atoms with Crippen LogP contribution in [0.3, 0.4) is 0 Å². The van der Waals surface area contributed by atoms with Gasteiger partial charge in [-0.05, 0) is 48.5 Å². The van der Waals surface area contributed by atoms with Crippen molar-refractivity contribution in [3.63, 3.8) is 0 Å². The number of nitrogens with one attached hydrogen (secondary N) is 2. The molecule has 2 aromatic carbocycles. The van der Waals surface area contributed by atoms with E-state index in [9.17, 15) is 22.8 Å². The number of nitrogens with zero attached hydrogens (tertiary/aromatic N) is 1. The minimum Gasteiger partial charge on any atom is -0.497 e. The monoisotopic (exact) mass is 543 g/mol. The zero-order chi connectivity index (χ0) is 27.8. The molecule has 0 aliphatic carbocycles. The summed E-state index contributed by atoms with van der Waals surface area (Å²) in [4.78, 5) is 28.1. The van der Waals surface area contributed by atoms with Crippen molar-refractivity contribution in [1.29, 1.82) is 0 Å². The van der Waals surface area contributed by atoms with Gasteiger partial charge in [0.05, 0.1) is 25.9 Å². The van der Waals surface area contributed by atoms with E-state index < -0.39 is 23.6 Å². The van der Waals surface area contributed by atoms with Gasteiger partial charge in [-0.15, -0.1) is 0 Å². The Labute approximate surface area is 223 Å². The van der Waals surface area contributed by atoms with Crippen LogP contribution in [0.25, 0.3) is 17.4 Å². The Morgan fingerprint density at radius 1 is 1.05 bits per heavy atom. The minimum atomic E-state index is -4.50. The van der Waals surface area contributed by atoms with Crippen molar-refractivity contribution in [1.82, 2.24) is 15.5 Å². The van der Waals surface area contributed by atoms with E-state index in [0.717, 1.165) is 25.2 Å². The molecule has 0 spiro atoms. The molecule has 3 aromatic rings. The van der Waals surface area contributed by atoms with Crippen LogP contribution in [-0.2, 0) is 15.7 Å². The number of benzene rings is 2. The normalized spacial score (nSPS) is 14.6. The molecule has 8 nitrogen and oxygen atoms in total. The highest BCUT2D eigenvalue weighted by atomic mass is 19.4. The summed E-state index contributed by atoms with van der Waals surface area (Å²) in [5.74, 6) is -0.142. The number of ether oxygens (including phenoxy) is 2. The van der Waals surface area contributed by atoms with Crippen LogP contribution in [0.15, 0.2) is 70.8 Å². The Morgan fingerprint density at radius 3 is 2.49 bits per heavy atom. The number of hydrogen-bond donors (Lipinski definition) is 2. The topological polar surface area (TPSA) is 93.0 Å². The second-order valence-electron chi connectivity index (χ2n) is 8.73. The number of carbonyl (C=O) groups is 2. The lowest BCUT2D eigenvalue weighted by Crippen LogP contribution is -2.42. The maximum atomic E-state index is 13.1. The van der Waals surface area contributed by atoms with Gasteiger partial charge in [0, 0.05) is 43.4 Å². The lowest BCUT2D eigenvalue weighted by atomic mass is 10.1. The van der Waals surface area contributed by atoms with Crippen molar-refractivity contribution < 1.29 is 36.7 Å². The molecular weight excluding hydrogens is 515 g/mol. The average molecular weight is 544 g/mol. The number of carbonyl (C=O) groups excluding carboxylic acids is 2. The first-order valence-corrected chi connectivity index (χ1v) is 12.3. The maximum absolute atomic E-state index is 13.1. The summed E-state index contributed by atoms with van der Waals surface area (Å²) in [6.07, 6.45) is -3.16. The molecule has 0 radical (unpaired) electrons. The van der Waals surface area contributed by atoms with Crippen LogP contribution >= 0.6 is 0 Å². The van der Waals surface area contributed by atoms with Crippen molar-refractivity contribution in [3.8, 4) is 17.1 Å². The molecular formula is C28H28F3N3O5. The fourth-order valence-electron chi connectivity index (χ4n) is 3.92. The molecule has 1 aromatic heterocycles. The van der Waals surface area contributed by atoms with Crippen molar-refractivity contribution in [2.45, 2.75) is 6.18 Å². The number of amides is 2. The van der Waals surface area contributed by atoms with E-state index in [1.54, 1.807) is 24.3 Å². The summed E-state index contributed by atoms with van der Waals surface area (Å²) in [6.45, 7) is 3.72. The second kappa shape index (κ2) is 12.6. The van der Waals surface area contributed by atoms with E-state index in [1.165, 1.54) is 37.5 Å². The van der Waals surface area contributed by atoms with Crippen molar-refractivity contribution in [2.75, 3.05) is 46.5 Å². The van der Waals surface area contributed by atoms with Crippen LogP contribution in [0.4, 0.5) is 13.2 Å². The van der Waals surface area contributed by atoms with E-state index >= 15 is 0 Å². The summed E-state index contributed by atoms with van der Waals surface area (Å²) in [7, 11) is 1.51. The molecule has 0 saturated carbocycles. The number of rotatable bonds is 9. The lowest BCUT2D eigenvalue weighted by Gasteiger charge is -2.26. The predicted octanol–water partition coefficient (Wildman–Crippen LogP) is 4.19. The summed E-state index contributed by atoms with van der Waals surface area (Å²) in [6, 6.07) is 14.1. The standard InChI is InChI=1S/C28H28F3N3O5/c1-37-22-7-5-19(6-8-22)26(35)33-24(27(36)32-11-12-34-13-15-38-16-14-34)18-23-9-10-25(39-23)20-3-2-4-21(17-20)28(29,30)31/h2-10,17-18H,11-16H2,1H3,(H,32,36)(H,33,35)/b24-18-. The largest absolute Gasteiger partial charge is 0.497 e.